The first kappa shape index (κ1) is 13.5. The molecule has 1 aliphatic heterocycles. The van der Waals surface area contributed by atoms with Crippen LogP contribution in [-0.2, 0) is 23.6 Å². The van der Waals surface area contributed by atoms with Crippen LogP contribution in [0.15, 0.2) is 6.20 Å². The number of aromatic nitrogens is 2. The van der Waals surface area contributed by atoms with Crippen molar-refractivity contribution in [3.63, 3.8) is 0 Å². The van der Waals surface area contributed by atoms with Gasteiger partial charge in [-0.25, -0.2) is 13.1 Å². The van der Waals surface area contributed by atoms with Crippen LogP contribution in [-0.4, -0.2) is 36.5 Å². The molecule has 1 saturated heterocycles. The molecule has 1 atom stereocenters. The number of aryl methyl sites for hydroxylation is 1. The summed E-state index contributed by atoms with van der Waals surface area (Å²) in [6.07, 6.45) is 3.35. The Hall–Kier alpha value is -0.920. The van der Waals surface area contributed by atoms with Crippen LogP contribution in [0.25, 0.3) is 0 Å². The first-order valence-electron chi connectivity index (χ1n) is 6.17. The van der Waals surface area contributed by atoms with Crippen LogP contribution in [0.2, 0.25) is 0 Å². The van der Waals surface area contributed by atoms with Crippen LogP contribution in [0.4, 0.5) is 0 Å². The third-order valence-electron chi connectivity index (χ3n) is 3.49. The molecule has 1 fully saturated rings. The van der Waals surface area contributed by atoms with Crippen molar-refractivity contribution in [3.8, 4) is 0 Å². The summed E-state index contributed by atoms with van der Waals surface area (Å²) in [4.78, 5) is 0. The number of sulfonamides is 1. The summed E-state index contributed by atoms with van der Waals surface area (Å²) in [5.41, 5.74) is 1.91. The van der Waals surface area contributed by atoms with Gasteiger partial charge in [0.05, 0.1) is 11.4 Å². The third kappa shape index (κ3) is 2.90. The van der Waals surface area contributed by atoms with Crippen molar-refractivity contribution < 1.29 is 8.42 Å². The van der Waals surface area contributed by atoms with E-state index < -0.39 is 10.0 Å². The highest BCUT2D eigenvalue weighted by Gasteiger charge is 2.26. The number of hydrogen-bond acceptors (Lipinski definition) is 4. The maximum absolute atomic E-state index is 12.1. The second-order valence-corrected chi connectivity index (χ2v) is 6.76. The normalized spacial score (nSPS) is 21.1. The zero-order valence-electron chi connectivity index (χ0n) is 10.8. The fraction of sp³-hybridized carbons (Fsp3) is 0.727. The SMILES string of the molecule is Cc1c(CNS(=O)(=O)C2CCCNC2)cnn1C. The molecule has 6 nitrogen and oxygen atoms in total. The molecule has 0 radical (unpaired) electrons. The standard InChI is InChI=1S/C11H20N4O2S/c1-9-10(6-13-15(9)2)7-14-18(16,17)11-4-3-5-12-8-11/h6,11-12,14H,3-5,7-8H2,1-2H3. The average Bonchev–Trinajstić information content (AvgIpc) is 2.69. The Morgan fingerprint density at radius 2 is 2.39 bits per heavy atom. The van der Waals surface area contributed by atoms with Gasteiger partial charge in [0.1, 0.15) is 0 Å². The summed E-state index contributed by atoms with van der Waals surface area (Å²) in [6, 6.07) is 0. The Morgan fingerprint density at radius 3 is 2.94 bits per heavy atom. The Labute approximate surface area is 108 Å². The van der Waals surface area contributed by atoms with Gasteiger partial charge in [-0.05, 0) is 26.3 Å². The van der Waals surface area contributed by atoms with Crippen molar-refractivity contribution in [1.82, 2.24) is 19.8 Å². The molecular weight excluding hydrogens is 252 g/mol. The van der Waals surface area contributed by atoms with E-state index in [9.17, 15) is 8.42 Å². The number of rotatable bonds is 4. The molecule has 1 aromatic heterocycles. The molecule has 0 spiro atoms. The van der Waals surface area contributed by atoms with E-state index in [1.54, 1.807) is 10.9 Å². The van der Waals surface area contributed by atoms with Gasteiger partial charge in [0.2, 0.25) is 10.0 Å². The van der Waals surface area contributed by atoms with Crippen LogP contribution < -0.4 is 10.0 Å². The molecule has 2 rings (SSSR count). The Bertz CT molecular complexity index is 503. The zero-order chi connectivity index (χ0) is 13.2. The minimum atomic E-state index is -3.24. The largest absolute Gasteiger partial charge is 0.315 e. The lowest BCUT2D eigenvalue weighted by molar-refractivity contribution is 0.490. The molecule has 102 valence electrons. The van der Waals surface area contributed by atoms with E-state index >= 15 is 0 Å². The van der Waals surface area contributed by atoms with Crippen molar-refractivity contribution in [1.29, 1.82) is 0 Å². The molecule has 1 aromatic rings. The number of hydrogen-bond donors (Lipinski definition) is 2. The molecule has 0 aromatic carbocycles. The minimum absolute atomic E-state index is 0.316. The van der Waals surface area contributed by atoms with Crippen molar-refractivity contribution >= 4 is 10.0 Å². The quantitative estimate of drug-likeness (QED) is 0.802. The van der Waals surface area contributed by atoms with Crippen LogP contribution >= 0.6 is 0 Å². The molecule has 0 amide bonds. The third-order valence-corrected chi connectivity index (χ3v) is 5.32. The van der Waals surface area contributed by atoms with E-state index in [1.807, 2.05) is 14.0 Å². The Balaban J connectivity index is 1.98. The van der Waals surface area contributed by atoms with Crippen LogP contribution in [0.5, 0.6) is 0 Å². The molecule has 1 unspecified atom stereocenters. The summed E-state index contributed by atoms with van der Waals surface area (Å²) >= 11 is 0. The van der Waals surface area contributed by atoms with Crippen molar-refractivity contribution in [2.75, 3.05) is 13.1 Å². The van der Waals surface area contributed by atoms with Crippen molar-refractivity contribution in [2.45, 2.75) is 31.6 Å². The van der Waals surface area contributed by atoms with Gasteiger partial charge in [0.25, 0.3) is 0 Å². The van der Waals surface area contributed by atoms with Crippen molar-refractivity contribution in [3.05, 3.63) is 17.5 Å². The lowest BCUT2D eigenvalue weighted by Crippen LogP contribution is -2.44. The first-order valence-corrected chi connectivity index (χ1v) is 7.72. The van der Waals surface area contributed by atoms with Gasteiger partial charge < -0.3 is 5.32 Å². The Kier molecular flexibility index (Phi) is 4.04. The fourth-order valence-electron chi connectivity index (χ4n) is 2.10. The predicted octanol–water partition coefficient (Wildman–Crippen LogP) is -0.100. The van der Waals surface area contributed by atoms with E-state index in [1.165, 1.54) is 0 Å². The van der Waals surface area contributed by atoms with Gasteiger partial charge >= 0.3 is 0 Å². The summed E-state index contributed by atoms with van der Waals surface area (Å²) < 4.78 is 28.6. The number of nitrogens with zero attached hydrogens (tertiary/aromatic N) is 2. The van der Waals surface area contributed by atoms with Gasteiger partial charge in [0, 0.05) is 31.4 Å². The highest BCUT2D eigenvalue weighted by Crippen LogP contribution is 2.12. The zero-order valence-corrected chi connectivity index (χ0v) is 11.6. The maximum Gasteiger partial charge on any atom is 0.216 e. The van der Waals surface area contributed by atoms with E-state index in [0.717, 1.165) is 30.6 Å². The van der Waals surface area contributed by atoms with E-state index in [2.05, 4.69) is 15.1 Å². The molecule has 0 bridgehead atoms. The summed E-state index contributed by atoms with van der Waals surface area (Å²) in [6.45, 7) is 3.70. The number of nitrogens with one attached hydrogen (secondary N) is 2. The second kappa shape index (κ2) is 5.38. The van der Waals surface area contributed by atoms with E-state index in [-0.39, 0.29) is 5.25 Å². The summed E-state index contributed by atoms with van der Waals surface area (Å²) in [5, 5.41) is 6.90. The minimum Gasteiger partial charge on any atom is -0.315 e. The van der Waals surface area contributed by atoms with Crippen molar-refractivity contribution in [2.24, 2.45) is 7.05 Å². The molecule has 7 heteroatoms. The monoisotopic (exact) mass is 272 g/mol. The highest BCUT2D eigenvalue weighted by molar-refractivity contribution is 7.90. The molecule has 18 heavy (non-hydrogen) atoms. The molecule has 0 saturated carbocycles. The van der Waals surface area contributed by atoms with E-state index in [0.29, 0.717) is 13.1 Å². The molecule has 1 aliphatic rings. The van der Waals surface area contributed by atoms with Crippen LogP contribution in [0.3, 0.4) is 0 Å². The average molecular weight is 272 g/mol. The van der Waals surface area contributed by atoms with Gasteiger partial charge in [0.15, 0.2) is 0 Å². The lowest BCUT2D eigenvalue weighted by atomic mass is 10.2. The van der Waals surface area contributed by atoms with Gasteiger partial charge in [-0.2, -0.15) is 5.10 Å². The molecular formula is C11H20N4O2S. The Morgan fingerprint density at radius 1 is 1.61 bits per heavy atom. The predicted molar refractivity (Wildman–Crippen MR) is 69.6 cm³/mol. The van der Waals surface area contributed by atoms with Crippen LogP contribution in [0.1, 0.15) is 24.1 Å². The smallest absolute Gasteiger partial charge is 0.216 e. The first-order chi connectivity index (χ1) is 8.50. The van der Waals surface area contributed by atoms with E-state index in [4.69, 9.17) is 0 Å². The maximum atomic E-state index is 12.1. The summed E-state index contributed by atoms with van der Waals surface area (Å²) in [5.74, 6) is 0. The topological polar surface area (TPSA) is 76.0 Å². The molecule has 2 heterocycles. The van der Waals surface area contributed by atoms with Crippen LogP contribution in [0, 0.1) is 6.92 Å². The lowest BCUT2D eigenvalue weighted by Gasteiger charge is -2.22. The highest BCUT2D eigenvalue weighted by atomic mass is 32.2. The molecule has 2 N–H and O–H groups in total. The van der Waals surface area contributed by atoms with Gasteiger partial charge in [-0.1, -0.05) is 0 Å². The van der Waals surface area contributed by atoms with Gasteiger partial charge in [-0.15, -0.1) is 0 Å². The fourth-order valence-corrected chi connectivity index (χ4v) is 3.51. The summed E-state index contributed by atoms with van der Waals surface area (Å²) in [7, 11) is -1.39. The number of piperidine rings is 1. The van der Waals surface area contributed by atoms with Gasteiger partial charge in [-0.3, -0.25) is 4.68 Å². The second-order valence-electron chi connectivity index (χ2n) is 4.71. The molecule has 0 aliphatic carbocycles.